The number of likely N-dealkylation sites (tertiary alicyclic amines) is 1. The first-order valence-electron chi connectivity index (χ1n) is 16.5. The number of carbonyl (C=O) groups excluding carboxylic acids is 2. The lowest BCUT2D eigenvalue weighted by molar-refractivity contribution is -0.192. The van der Waals surface area contributed by atoms with Crippen molar-refractivity contribution in [2.24, 2.45) is 4.99 Å². The number of halogens is 5. The van der Waals surface area contributed by atoms with Gasteiger partial charge < -0.3 is 15.3 Å². The van der Waals surface area contributed by atoms with Crippen LogP contribution in [-0.4, -0.2) is 75.9 Å². The molecule has 4 aromatic rings. The van der Waals surface area contributed by atoms with Crippen molar-refractivity contribution in [2.45, 2.75) is 43.8 Å². The zero-order valence-corrected chi connectivity index (χ0v) is 28.1. The number of rotatable bonds is 9. The third-order valence-electron chi connectivity index (χ3n) is 8.85. The van der Waals surface area contributed by atoms with Crippen molar-refractivity contribution in [1.82, 2.24) is 14.8 Å². The largest absolute Gasteiger partial charge is 0.490 e. The summed E-state index contributed by atoms with van der Waals surface area (Å²) in [7, 11) is 0. The molecule has 0 saturated carbocycles. The number of aliphatic imine (C=N–C) groups is 1. The first kappa shape index (κ1) is 37.7. The number of carboxylic acid groups (broad SMARTS) is 1. The predicted molar refractivity (Wildman–Crippen MR) is 184 cm³/mol. The van der Waals surface area contributed by atoms with Crippen LogP contribution in [0.1, 0.15) is 54.5 Å². The molecule has 3 aromatic carbocycles. The second-order valence-electron chi connectivity index (χ2n) is 12.4. The molecular formula is C38H36F5N5O4. The Labute approximate surface area is 296 Å². The highest BCUT2D eigenvalue weighted by molar-refractivity contribution is 6.16. The molecule has 1 unspecified atom stereocenters. The SMILES string of the molecule is CC(=O)Nc1cccc(C2CCN(CCCN3C(=O)C(c4ccc(F)cc4)(c4cccc(F)c4)N=C3c3ccccn3)CC2)c1.O=C(O)C(F)(F)F. The van der Waals surface area contributed by atoms with E-state index in [1.807, 2.05) is 18.2 Å². The van der Waals surface area contributed by atoms with Crippen molar-refractivity contribution in [3.8, 4) is 0 Å². The number of pyridine rings is 1. The smallest absolute Gasteiger partial charge is 0.475 e. The maximum Gasteiger partial charge on any atom is 0.490 e. The van der Waals surface area contributed by atoms with Gasteiger partial charge in [0.25, 0.3) is 5.91 Å². The van der Waals surface area contributed by atoms with Crippen LogP contribution in [0.2, 0.25) is 0 Å². The molecule has 2 amide bonds. The summed E-state index contributed by atoms with van der Waals surface area (Å²) < 4.78 is 60.3. The van der Waals surface area contributed by atoms with Crippen molar-refractivity contribution in [3.05, 3.63) is 131 Å². The molecule has 9 nitrogen and oxygen atoms in total. The second kappa shape index (κ2) is 16.2. The summed E-state index contributed by atoms with van der Waals surface area (Å²) in [5.74, 6) is -3.26. The first-order valence-corrected chi connectivity index (χ1v) is 16.5. The van der Waals surface area contributed by atoms with Crippen molar-refractivity contribution in [2.75, 3.05) is 31.5 Å². The fourth-order valence-electron chi connectivity index (χ4n) is 6.42. The Balaban J connectivity index is 0.000000679. The van der Waals surface area contributed by atoms with Crippen LogP contribution < -0.4 is 5.32 Å². The van der Waals surface area contributed by atoms with E-state index >= 15 is 0 Å². The van der Waals surface area contributed by atoms with Crippen LogP contribution in [0, 0.1) is 11.6 Å². The fourth-order valence-corrected chi connectivity index (χ4v) is 6.42. The number of nitrogens with one attached hydrogen (secondary N) is 1. The van der Waals surface area contributed by atoms with Gasteiger partial charge in [0.1, 0.15) is 17.3 Å². The summed E-state index contributed by atoms with van der Waals surface area (Å²) in [6.07, 6.45) is -0.736. The molecule has 2 aliphatic heterocycles. The number of aromatic nitrogens is 1. The molecule has 14 heteroatoms. The molecule has 0 aliphatic carbocycles. The van der Waals surface area contributed by atoms with Crippen LogP contribution in [0.15, 0.2) is 102 Å². The van der Waals surface area contributed by atoms with Crippen LogP contribution in [0.4, 0.5) is 27.6 Å². The predicted octanol–water partition coefficient (Wildman–Crippen LogP) is 6.75. The average Bonchev–Trinajstić information content (AvgIpc) is 3.41. The number of anilines is 1. The van der Waals surface area contributed by atoms with Gasteiger partial charge in [-0.3, -0.25) is 19.5 Å². The fraction of sp³-hybridized carbons (Fsp3) is 0.289. The minimum absolute atomic E-state index is 0.0828. The maximum absolute atomic E-state index is 14.6. The number of nitrogens with zero attached hydrogens (tertiary/aromatic N) is 4. The number of hydrogen-bond donors (Lipinski definition) is 2. The topological polar surface area (TPSA) is 115 Å². The number of alkyl halides is 3. The minimum atomic E-state index is -5.08. The van der Waals surface area contributed by atoms with Crippen LogP contribution in [-0.2, 0) is 19.9 Å². The number of amides is 2. The third-order valence-corrected chi connectivity index (χ3v) is 8.85. The number of carboxylic acids is 1. The molecule has 1 aromatic heterocycles. The number of piperidine rings is 1. The van der Waals surface area contributed by atoms with Gasteiger partial charge in [-0.1, -0.05) is 42.5 Å². The van der Waals surface area contributed by atoms with E-state index in [1.165, 1.54) is 48.9 Å². The molecule has 2 aliphatic rings. The highest BCUT2D eigenvalue weighted by atomic mass is 19.4. The Kier molecular flexibility index (Phi) is 11.8. The van der Waals surface area contributed by atoms with Gasteiger partial charge in [-0.2, -0.15) is 13.2 Å². The van der Waals surface area contributed by atoms with Gasteiger partial charge in [-0.15, -0.1) is 0 Å². The lowest BCUT2D eigenvalue weighted by Gasteiger charge is -2.33. The van der Waals surface area contributed by atoms with E-state index in [9.17, 15) is 31.5 Å². The quantitative estimate of drug-likeness (QED) is 0.185. The molecule has 0 spiro atoms. The molecule has 1 atom stereocenters. The summed E-state index contributed by atoms with van der Waals surface area (Å²) >= 11 is 0. The monoisotopic (exact) mass is 721 g/mol. The molecule has 272 valence electrons. The molecule has 1 saturated heterocycles. The standard InChI is InChI=1S/C36H35F2N5O2.C2HF3O2/c1-25(44)40-32-10-4-7-27(23-32)26-16-21-42(22-17-26)19-6-20-43-34(33-11-2-3-18-39-33)41-36(35(43)45,28-12-14-30(37)15-13-28)29-8-5-9-31(38)24-29;3-2(4,5)1(6)7/h2-5,7-15,18,23-24,26H,6,16-17,19-22H2,1H3,(H,40,44);(H,6,7). The number of aliphatic carboxylic acids is 1. The van der Waals surface area contributed by atoms with E-state index in [2.05, 4.69) is 27.3 Å². The first-order chi connectivity index (χ1) is 24.8. The van der Waals surface area contributed by atoms with E-state index in [4.69, 9.17) is 14.9 Å². The summed E-state index contributed by atoms with van der Waals surface area (Å²) in [6, 6.07) is 25.1. The highest BCUT2D eigenvalue weighted by Crippen LogP contribution is 2.41. The third kappa shape index (κ3) is 8.86. The molecule has 0 bridgehead atoms. The average molecular weight is 722 g/mol. The van der Waals surface area contributed by atoms with E-state index in [0.29, 0.717) is 41.5 Å². The molecule has 2 N–H and O–H groups in total. The zero-order chi connectivity index (χ0) is 37.5. The van der Waals surface area contributed by atoms with Gasteiger partial charge in [-0.25, -0.2) is 18.6 Å². The van der Waals surface area contributed by atoms with Gasteiger partial charge in [0.05, 0.1) is 0 Å². The van der Waals surface area contributed by atoms with Gasteiger partial charge in [0.2, 0.25) is 5.91 Å². The molecule has 0 radical (unpaired) electrons. The number of benzene rings is 3. The summed E-state index contributed by atoms with van der Waals surface area (Å²) in [5.41, 5.74) is 1.84. The maximum atomic E-state index is 14.6. The Morgan fingerprint density at radius 1 is 0.885 bits per heavy atom. The van der Waals surface area contributed by atoms with Crippen LogP contribution in [0.3, 0.4) is 0 Å². The lowest BCUT2D eigenvalue weighted by Crippen LogP contribution is -2.43. The van der Waals surface area contributed by atoms with E-state index in [0.717, 1.165) is 38.2 Å². The van der Waals surface area contributed by atoms with Crippen molar-refractivity contribution < 1.29 is 41.4 Å². The van der Waals surface area contributed by atoms with Gasteiger partial charge in [0, 0.05) is 25.4 Å². The van der Waals surface area contributed by atoms with Crippen molar-refractivity contribution in [3.63, 3.8) is 0 Å². The van der Waals surface area contributed by atoms with E-state index < -0.39 is 29.3 Å². The molecular weight excluding hydrogens is 685 g/mol. The summed E-state index contributed by atoms with van der Waals surface area (Å²) in [6.45, 7) is 4.54. The minimum Gasteiger partial charge on any atom is -0.475 e. The zero-order valence-electron chi connectivity index (χ0n) is 28.1. The Morgan fingerprint density at radius 2 is 1.58 bits per heavy atom. The molecule has 52 heavy (non-hydrogen) atoms. The molecule has 6 rings (SSSR count). The summed E-state index contributed by atoms with van der Waals surface area (Å²) in [4.78, 5) is 48.4. The van der Waals surface area contributed by atoms with Gasteiger partial charge in [-0.05, 0) is 110 Å². The van der Waals surface area contributed by atoms with Crippen LogP contribution >= 0.6 is 0 Å². The Hall–Kier alpha value is -5.50. The van der Waals surface area contributed by atoms with Crippen molar-refractivity contribution in [1.29, 1.82) is 0 Å². The van der Waals surface area contributed by atoms with Gasteiger partial charge >= 0.3 is 12.1 Å². The van der Waals surface area contributed by atoms with E-state index in [-0.39, 0.29) is 11.8 Å². The van der Waals surface area contributed by atoms with Crippen LogP contribution in [0.5, 0.6) is 0 Å². The Morgan fingerprint density at radius 3 is 2.19 bits per heavy atom. The van der Waals surface area contributed by atoms with Gasteiger partial charge in [0.15, 0.2) is 11.4 Å². The number of carbonyl (C=O) groups is 3. The molecule has 1 fully saturated rings. The number of hydrogen-bond acceptors (Lipinski definition) is 6. The Bertz CT molecular complexity index is 1920. The normalized spacial score (nSPS) is 18.0. The highest BCUT2D eigenvalue weighted by Gasteiger charge is 2.51. The van der Waals surface area contributed by atoms with Crippen molar-refractivity contribution >= 4 is 29.3 Å². The van der Waals surface area contributed by atoms with Crippen LogP contribution in [0.25, 0.3) is 0 Å². The number of amidine groups is 1. The van der Waals surface area contributed by atoms with E-state index in [1.54, 1.807) is 35.4 Å². The second-order valence-corrected chi connectivity index (χ2v) is 12.4. The lowest BCUT2D eigenvalue weighted by atomic mass is 9.82. The summed E-state index contributed by atoms with van der Waals surface area (Å²) in [5, 5.41) is 9.99. The molecule has 3 heterocycles.